The minimum atomic E-state index is -3.75. The molecule has 0 fully saturated rings. The molecule has 1 aromatic carbocycles. The van der Waals surface area contributed by atoms with Crippen LogP contribution in [0.15, 0.2) is 35.5 Å². The van der Waals surface area contributed by atoms with Crippen molar-refractivity contribution in [3.63, 3.8) is 0 Å². The van der Waals surface area contributed by atoms with Crippen LogP contribution in [0.1, 0.15) is 15.9 Å². The Labute approximate surface area is 115 Å². The van der Waals surface area contributed by atoms with Gasteiger partial charge < -0.3 is 5.11 Å². The van der Waals surface area contributed by atoms with Gasteiger partial charge in [-0.2, -0.15) is 13.5 Å². The van der Waals surface area contributed by atoms with E-state index in [0.717, 1.165) is 0 Å². The largest absolute Gasteiger partial charge is 0.478 e. The molecule has 0 aliphatic rings. The number of carboxylic acids is 1. The number of nitrogens with one attached hydrogen (secondary N) is 1. The van der Waals surface area contributed by atoms with Crippen LogP contribution in [0.4, 0.5) is 5.69 Å². The molecule has 1 heterocycles. The highest BCUT2D eigenvalue weighted by atomic mass is 32.2. The van der Waals surface area contributed by atoms with E-state index in [4.69, 9.17) is 5.11 Å². The third kappa shape index (κ3) is 2.64. The number of aromatic carboxylic acids is 1. The van der Waals surface area contributed by atoms with E-state index < -0.39 is 16.0 Å². The molecule has 0 saturated carbocycles. The lowest BCUT2D eigenvalue weighted by atomic mass is 10.1. The van der Waals surface area contributed by atoms with Gasteiger partial charge in [-0.15, -0.1) is 0 Å². The second-order valence-electron chi connectivity index (χ2n) is 4.23. The molecule has 0 radical (unpaired) electrons. The van der Waals surface area contributed by atoms with Crippen LogP contribution in [0.25, 0.3) is 0 Å². The zero-order valence-corrected chi connectivity index (χ0v) is 11.7. The van der Waals surface area contributed by atoms with E-state index in [-0.39, 0.29) is 10.6 Å². The van der Waals surface area contributed by atoms with Crippen molar-refractivity contribution in [2.45, 2.75) is 11.9 Å². The second kappa shape index (κ2) is 4.97. The van der Waals surface area contributed by atoms with E-state index in [0.29, 0.717) is 11.3 Å². The van der Waals surface area contributed by atoms with Crippen LogP contribution in [-0.4, -0.2) is 29.3 Å². The van der Waals surface area contributed by atoms with Crippen molar-refractivity contribution in [3.8, 4) is 0 Å². The van der Waals surface area contributed by atoms with Crippen molar-refractivity contribution in [3.05, 3.63) is 41.6 Å². The zero-order chi connectivity index (χ0) is 14.9. The third-order valence-corrected chi connectivity index (χ3v) is 4.21. The predicted octanol–water partition coefficient (Wildman–Crippen LogP) is 1.23. The quantitative estimate of drug-likeness (QED) is 0.883. The molecule has 0 aliphatic carbocycles. The molecule has 106 valence electrons. The summed E-state index contributed by atoms with van der Waals surface area (Å²) in [5.41, 5.74) is 0.956. The monoisotopic (exact) mass is 295 g/mol. The number of sulfonamides is 1. The Balaban J connectivity index is 2.36. The normalized spacial score (nSPS) is 11.3. The van der Waals surface area contributed by atoms with E-state index in [9.17, 15) is 13.2 Å². The maximum absolute atomic E-state index is 12.2. The number of carbonyl (C=O) groups is 1. The molecule has 7 nitrogen and oxygen atoms in total. The minimum absolute atomic E-state index is 0.0270. The molecule has 2 rings (SSSR count). The lowest BCUT2D eigenvalue weighted by molar-refractivity contribution is 0.0697. The number of benzene rings is 1. The number of rotatable bonds is 4. The smallest absolute Gasteiger partial charge is 0.335 e. The van der Waals surface area contributed by atoms with Crippen molar-refractivity contribution in [1.29, 1.82) is 0 Å². The Morgan fingerprint density at radius 2 is 2.05 bits per heavy atom. The van der Waals surface area contributed by atoms with Crippen LogP contribution in [-0.2, 0) is 17.1 Å². The maximum Gasteiger partial charge on any atom is 0.335 e. The molecule has 20 heavy (non-hydrogen) atoms. The van der Waals surface area contributed by atoms with Gasteiger partial charge in [0.1, 0.15) is 0 Å². The molecule has 0 spiro atoms. The summed E-state index contributed by atoms with van der Waals surface area (Å²) < 4.78 is 28.0. The Hall–Kier alpha value is -2.35. The van der Waals surface area contributed by atoms with Crippen LogP contribution in [0.3, 0.4) is 0 Å². The first kappa shape index (κ1) is 14.1. The topological polar surface area (TPSA) is 101 Å². The van der Waals surface area contributed by atoms with Crippen molar-refractivity contribution in [2.24, 2.45) is 7.05 Å². The van der Waals surface area contributed by atoms with Crippen LogP contribution < -0.4 is 4.72 Å². The first-order valence-electron chi connectivity index (χ1n) is 5.66. The number of carboxylic acid groups (broad SMARTS) is 1. The number of nitrogens with zero attached hydrogens (tertiary/aromatic N) is 2. The average molecular weight is 295 g/mol. The van der Waals surface area contributed by atoms with Gasteiger partial charge in [-0.05, 0) is 36.8 Å². The Morgan fingerprint density at radius 1 is 1.35 bits per heavy atom. The summed E-state index contributed by atoms with van der Waals surface area (Å²) in [6.07, 6.45) is 1.38. The number of anilines is 1. The van der Waals surface area contributed by atoms with E-state index in [1.165, 1.54) is 42.2 Å². The van der Waals surface area contributed by atoms with Crippen LogP contribution >= 0.6 is 0 Å². The van der Waals surface area contributed by atoms with Crippen LogP contribution in [0.5, 0.6) is 0 Å². The van der Waals surface area contributed by atoms with Crippen LogP contribution in [0.2, 0.25) is 0 Å². The van der Waals surface area contributed by atoms with Crippen molar-refractivity contribution in [2.75, 3.05) is 4.72 Å². The van der Waals surface area contributed by atoms with Gasteiger partial charge in [0.05, 0.1) is 17.4 Å². The number of aryl methyl sites for hydroxylation is 2. The van der Waals surface area contributed by atoms with Crippen molar-refractivity contribution >= 4 is 21.7 Å². The molecular weight excluding hydrogens is 282 g/mol. The number of aromatic nitrogens is 2. The Morgan fingerprint density at radius 3 is 2.55 bits per heavy atom. The van der Waals surface area contributed by atoms with Gasteiger partial charge in [0, 0.05) is 7.05 Å². The summed E-state index contributed by atoms with van der Waals surface area (Å²) in [7, 11) is -2.23. The van der Waals surface area contributed by atoms with Gasteiger partial charge in [0.25, 0.3) is 10.0 Å². The lowest BCUT2D eigenvalue weighted by Gasteiger charge is -2.11. The summed E-state index contributed by atoms with van der Waals surface area (Å²) in [5, 5.41) is 12.7. The van der Waals surface area contributed by atoms with Crippen molar-refractivity contribution in [1.82, 2.24) is 9.78 Å². The fraction of sp³-hybridized carbons (Fsp3) is 0.167. The van der Waals surface area contributed by atoms with Crippen LogP contribution in [0, 0.1) is 6.92 Å². The SMILES string of the molecule is Cc1cc(C(=O)O)ccc1NS(=O)(=O)c1ccnn1C. The molecule has 0 atom stereocenters. The molecule has 0 amide bonds. The number of hydrogen-bond donors (Lipinski definition) is 2. The standard InChI is InChI=1S/C12H13N3O4S/c1-8-7-9(12(16)17)3-4-10(8)14-20(18,19)11-5-6-13-15(11)2/h3-7,14H,1-2H3,(H,16,17). The molecule has 1 aromatic heterocycles. The summed E-state index contributed by atoms with van der Waals surface area (Å²) in [5.74, 6) is -1.06. The van der Waals surface area contributed by atoms with Gasteiger partial charge in [0.15, 0.2) is 5.03 Å². The van der Waals surface area contributed by atoms with E-state index in [2.05, 4.69) is 9.82 Å². The Kier molecular flexibility index (Phi) is 3.49. The summed E-state index contributed by atoms with van der Waals surface area (Å²) in [6, 6.07) is 5.55. The fourth-order valence-corrected chi connectivity index (χ4v) is 2.99. The minimum Gasteiger partial charge on any atom is -0.478 e. The highest BCUT2D eigenvalue weighted by Crippen LogP contribution is 2.20. The Bertz CT molecular complexity index is 765. The summed E-state index contributed by atoms with van der Waals surface area (Å²) >= 11 is 0. The summed E-state index contributed by atoms with van der Waals surface area (Å²) in [6.45, 7) is 1.63. The zero-order valence-electron chi connectivity index (χ0n) is 10.9. The maximum atomic E-state index is 12.2. The average Bonchev–Trinajstić information content (AvgIpc) is 2.78. The third-order valence-electron chi connectivity index (χ3n) is 2.77. The molecule has 0 saturated heterocycles. The highest BCUT2D eigenvalue weighted by Gasteiger charge is 2.19. The van der Waals surface area contributed by atoms with Gasteiger partial charge in [-0.1, -0.05) is 0 Å². The predicted molar refractivity (Wildman–Crippen MR) is 72.2 cm³/mol. The van der Waals surface area contributed by atoms with E-state index in [1.807, 2.05) is 0 Å². The first-order valence-corrected chi connectivity index (χ1v) is 7.14. The molecule has 8 heteroatoms. The molecule has 0 bridgehead atoms. The molecule has 0 aliphatic heterocycles. The molecule has 2 N–H and O–H groups in total. The van der Waals surface area contributed by atoms with E-state index in [1.54, 1.807) is 6.92 Å². The fourth-order valence-electron chi connectivity index (χ4n) is 1.73. The molecule has 0 unspecified atom stereocenters. The summed E-state index contributed by atoms with van der Waals surface area (Å²) in [4.78, 5) is 10.8. The second-order valence-corrected chi connectivity index (χ2v) is 5.86. The highest BCUT2D eigenvalue weighted by molar-refractivity contribution is 7.92. The molecular formula is C12H13N3O4S. The van der Waals surface area contributed by atoms with E-state index >= 15 is 0 Å². The van der Waals surface area contributed by atoms with Gasteiger partial charge in [-0.25, -0.2) is 4.79 Å². The van der Waals surface area contributed by atoms with Gasteiger partial charge in [0.2, 0.25) is 0 Å². The number of hydrogen-bond acceptors (Lipinski definition) is 4. The first-order chi connectivity index (χ1) is 9.31. The van der Waals surface area contributed by atoms with Gasteiger partial charge >= 0.3 is 5.97 Å². The lowest BCUT2D eigenvalue weighted by Crippen LogP contribution is -2.17. The molecule has 2 aromatic rings. The van der Waals surface area contributed by atoms with Crippen molar-refractivity contribution < 1.29 is 18.3 Å². The van der Waals surface area contributed by atoms with Gasteiger partial charge in [-0.3, -0.25) is 9.40 Å².